The van der Waals surface area contributed by atoms with E-state index < -0.39 is 28.8 Å². The van der Waals surface area contributed by atoms with Crippen molar-refractivity contribution in [3.63, 3.8) is 0 Å². The first-order valence-electron chi connectivity index (χ1n) is 6.60. The standard InChI is InChI=1S/C15H13FN2O3S/c16-10-6-7-14-12(8-10)13(9-15(19)17-20)18(22(14)21)11-4-2-1-3-5-11/h1-8,13,20H,9H2,(H,17,19). The Morgan fingerprint density at radius 1 is 1.27 bits per heavy atom. The van der Waals surface area contributed by atoms with Crippen LogP contribution in [0.4, 0.5) is 10.1 Å². The van der Waals surface area contributed by atoms with Crippen molar-refractivity contribution in [1.29, 1.82) is 0 Å². The number of benzene rings is 2. The smallest absolute Gasteiger partial charge is 0.245 e. The molecule has 114 valence electrons. The predicted molar refractivity (Wildman–Crippen MR) is 79.0 cm³/mol. The summed E-state index contributed by atoms with van der Waals surface area (Å²) in [6.45, 7) is 0. The average Bonchev–Trinajstić information content (AvgIpc) is 2.80. The molecule has 0 saturated carbocycles. The van der Waals surface area contributed by atoms with Crippen LogP contribution in [0.25, 0.3) is 0 Å². The van der Waals surface area contributed by atoms with Crippen molar-refractivity contribution < 1.29 is 18.6 Å². The van der Waals surface area contributed by atoms with Crippen LogP contribution in [-0.2, 0) is 15.8 Å². The van der Waals surface area contributed by atoms with E-state index in [0.717, 1.165) is 0 Å². The number of hydrogen-bond donors (Lipinski definition) is 2. The van der Waals surface area contributed by atoms with E-state index in [2.05, 4.69) is 0 Å². The van der Waals surface area contributed by atoms with Crippen LogP contribution in [0.3, 0.4) is 0 Å². The Morgan fingerprint density at radius 2 is 2.00 bits per heavy atom. The fraction of sp³-hybridized carbons (Fsp3) is 0.133. The topological polar surface area (TPSA) is 69.6 Å². The Kier molecular flexibility index (Phi) is 3.91. The molecule has 7 heteroatoms. The minimum atomic E-state index is -1.54. The molecule has 1 aliphatic heterocycles. The number of anilines is 1. The average molecular weight is 320 g/mol. The van der Waals surface area contributed by atoms with Gasteiger partial charge in [0.05, 0.1) is 23.0 Å². The van der Waals surface area contributed by atoms with Crippen molar-refractivity contribution in [1.82, 2.24) is 5.48 Å². The van der Waals surface area contributed by atoms with Gasteiger partial charge in [-0.3, -0.25) is 14.3 Å². The number of amides is 1. The van der Waals surface area contributed by atoms with Gasteiger partial charge >= 0.3 is 0 Å². The number of halogens is 1. The fourth-order valence-electron chi connectivity index (χ4n) is 2.55. The number of carbonyl (C=O) groups is 1. The van der Waals surface area contributed by atoms with E-state index in [1.54, 1.807) is 34.1 Å². The molecule has 1 heterocycles. The summed E-state index contributed by atoms with van der Waals surface area (Å²) in [6, 6.07) is 12.3. The summed E-state index contributed by atoms with van der Waals surface area (Å²) in [5, 5.41) is 8.75. The lowest BCUT2D eigenvalue weighted by Crippen LogP contribution is -2.29. The number of hydrogen-bond acceptors (Lipinski definition) is 3. The van der Waals surface area contributed by atoms with Crippen LogP contribution in [0.1, 0.15) is 18.0 Å². The van der Waals surface area contributed by atoms with Crippen molar-refractivity contribution in [2.75, 3.05) is 4.31 Å². The quantitative estimate of drug-likeness (QED) is 0.673. The molecule has 2 aromatic rings. The molecule has 0 radical (unpaired) electrons. The van der Waals surface area contributed by atoms with Crippen LogP contribution in [0, 0.1) is 5.82 Å². The molecule has 0 fully saturated rings. The molecule has 2 N–H and O–H groups in total. The van der Waals surface area contributed by atoms with Crippen LogP contribution < -0.4 is 9.79 Å². The number of nitrogens with zero attached hydrogens (tertiary/aromatic N) is 1. The summed E-state index contributed by atoms with van der Waals surface area (Å²) >= 11 is 0. The summed E-state index contributed by atoms with van der Waals surface area (Å²) in [6.07, 6.45) is -0.131. The van der Waals surface area contributed by atoms with Gasteiger partial charge in [-0.1, -0.05) is 18.2 Å². The van der Waals surface area contributed by atoms with Crippen molar-refractivity contribution in [3.8, 4) is 0 Å². The minimum absolute atomic E-state index is 0.131. The lowest BCUT2D eigenvalue weighted by molar-refractivity contribution is -0.129. The van der Waals surface area contributed by atoms with E-state index >= 15 is 0 Å². The van der Waals surface area contributed by atoms with Gasteiger partial charge in [0.15, 0.2) is 11.0 Å². The van der Waals surface area contributed by atoms with Gasteiger partial charge in [-0.25, -0.2) is 14.1 Å². The number of rotatable bonds is 3. The van der Waals surface area contributed by atoms with Crippen molar-refractivity contribution in [3.05, 3.63) is 59.9 Å². The third-order valence-electron chi connectivity index (χ3n) is 3.49. The molecule has 5 nitrogen and oxygen atoms in total. The molecular weight excluding hydrogens is 307 g/mol. The first-order valence-corrected chi connectivity index (χ1v) is 7.71. The number of carbonyl (C=O) groups excluding carboxylic acids is 1. The van der Waals surface area contributed by atoms with Crippen LogP contribution in [0.2, 0.25) is 0 Å². The van der Waals surface area contributed by atoms with Gasteiger partial charge in [0.1, 0.15) is 5.82 Å². The zero-order chi connectivity index (χ0) is 15.7. The molecule has 1 aliphatic rings. The Hall–Kier alpha value is -2.25. The fourth-order valence-corrected chi connectivity index (χ4v) is 4.08. The third-order valence-corrected chi connectivity index (χ3v) is 5.07. The molecule has 22 heavy (non-hydrogen) atoms. The van der Waals surface area contributed by atoms with Gasteiger partial charge in [-0.2, -0.15) is 0 Å². The molecule has 0 bridgehead atoms. The predicted octanol–water partition coefficient (Wildman–Crippen LogP) is 2.31. The number of fused-ring (bicyclic) bond motifs is 1. The van der Waals surface area contributed by atoms with Gasteiger partial charge in [0.25, 0.3) is 0 Å². The second kappa shape index (κ2) is 5.86. The summed E-state index contributed by atoms with van der Waals surface area (Å²) in [5.74, 6) is -1.08. The second-order valence-electron chi connectivity index (χ2n) is 4.85. The maximum absolute atomic E-state index is 13.5. The highest BCUT2D eigenvalue weighted by molar-refractivity contribution is 7.87. The Bertz CT molecular complexity index is 739. The normalized spacial score (nSPS) is 19.8. The highest BCUT2D eigenvalue weighted by Crippen LogP contribution is 2.42. The molecule has 0 aliphatic carbocycles. The molecular formula is C15H13FN2O3S. The number of para-hydroxylation sites is 1. The van der Waals surface area contributed by atoms with Crippen molar-refractivity contribution >= 4 is 22.6 Å². The van der Waals surface area contributed by atoms with Crippen LogP contribution in [-0.4, -0.2) is 15.3 Å². The number of hydroxylamine groups is 1. The number of nitrogens with one attached hydrogen (secondary N) is 1. The van der Waals surface area contributed by atoms with E-state index in [1.807, 2.05) is 6.07 Å². The van der Waals surface area contributed by atoms with E-state index in [0.29, 0.717) is 16.1 Å². The van der Waals surface area contributed by atoms with Crippen LogP contribution >= 0.6 is 0 Å². The zero-order valence-corrected chi connectivity index (χ0v) is 12.2. The van der Waals surface area contributed by atoms with Gasteiger partial charge in [-0.05, 0) is 35.9 Å². The lowest BCUT2D eigenvalue weighted by Gasteiger charge is -2.24. The second-order valence-corrected chi connectivity index (χ2v) is 6.18. The first-order chi connectivity index (χ1) is 10.6. The maximum atomic E-state index is 13.5. The highest BCUT2D eigenvalue weighted by atomic mass is 32.2. The SMILES string of the molecule is O=C(CC1c2cc(F)ccc2S(=O)N1c1ccccc1)NO. The Labute approximate surface area is 128 Å². The minimum Gasteiger partial charge on any atom is -0.289 e. The van der Waals surface area contributed by atoms with Gasteiger partial charge < -0.3 is 0 Å². The Morgan fingerprint density at radius 3 is 2.68 bits per heavy atom. The first kappa shape index (κ1) is 14.7. The lowest BCUT2D eigenvalue weighted by atomic mass is 10.0. The third kappa shape index (κ3) is 2.49. The highest BCUT2D eigenvalue weighted by Gasteiger charge is 2.38. The van der Waals surface area contributed by atoms with E-state index in [-0.39, 0.29) is 6.42 Å². The molecule has 0 spiro atoms. The molecule has 2 unspecified atom stereocenters. The molecule has 1 amide bonds. The maximum Gasteiger partial charge on any atom is 0.245 e. The molecule has 2 atom stereocenters. The largest absolute Gasteiger partial charge is 0.289 e. The van der Waals surface area contributed by atoms with E-state index in [9.17, 15) is 13.4 Å². The Balaban J connectivity index is 2.09. The van der Waals surface area contributed by atoms with Gasteiger partial charge in [0.2, 0.25) is 5.91 Å². The summed E-state index contributed by atoms with van der Waals surface area (Å²) < 4.78 is 27.8. The van der Waals surface area contributed by atoms with Gasteiger partial charge in [0, 0.05) is 0 Å². The molecule has 3 rings (SSSR count). The van der Waals surface area contributed by atoms with Gasteiger partial charge in [-0.15, -0.1) is 0 Å². The van der Waals surface area contributed by atoms with Crippen molar-refractivity contribution in [2.24, 2.45) is 0 Å². The van der Waals surface area contributed by atoms with Crippen LogP contribution in [0.5, 0.6) is 0 Å². The summed E-state index contributed by atoms with van der Waals surface area (Å²) in [4.78, 5) is 12.0. The molecule has 0 saturated heterocycles. The summed E-state index contributed by atoms with van der Waals surface area (Å²) in [5.41, 5.74) is 2.72. The molecule has 0 aromatic heterocycles. The zero-order valence-electron chi connectivity index (χ0n) is 11.4. The monoisotopic (exact) mass is 320 g/mol. The van der Waals surface area contributed by atoms with Crippen molar-refractivity contribution in [2.45, 2.75) is 17.4 Å². The molecule has 2 aromatic carbocycles. The van der Waals surface area contributed by atoms with E-state index in [1.165, 1.54) is 18.2 Å². The summed E-state index contributed by atoms with van der Waals surface area (Å²) in [7, 11) is -1.54. The van der Waals surface area contributed by atoms with E-state index in [4.69, 9.17) is 5.21 Å². The van der Waals surface area contributed by atoms with Crippen LogP contribution in [0.15, 0.2) is 53.4 Å².